The Hall–Kier alpha value is -1.79. The van der Waals surface area contributed by atoms with Crippen LogP contribution in [0.15, 0.2) is 18.2 Å². The highest BCUT2D eigenvalue weighted by atomic mass is 35.5. The number of anilines is 1. The molecule has 1 saturated heterocycles. The Morgan fingerprint density at radius 3 is 2.79 bits per heavy atom. The van der Waals surface area contributed by atoms with Gasteiger partial charge in [0.2, 0.25) is 0 Å². The van der Waals surface area contributed by atoms with Gasteiger partial charge in [-0.1, -0.05) is 11.6 Å². The summed E-state index contributed by atoms with van der Waals surface area (Å²) in [4.78, 5) is 22.4. The summed E-state index contributed by atoms with van der Waals surface area (Å²) in [6, 6.07) is 4.23. The first-order valence-corrected chi connectivity index (χ1v) is 6.03. The Kier molecular flexibility index (Phi) is 3.92. The first-order chi connectivity index (χ1) is 8.99. The number of nitrogens with two attached hydrogens (primary N) is 1. The lowest BCUT2D eigenvalue weighted by molar-refractivity contribution is -0.141. The number of carbonyl (C=O) groups is 2. The van der Waals surface area contributed by atoms with Gasteiger partial charge in [0, 0.05) is 10.7 Å². The quantitative estimate of drug-likeness (QED) is 0.764. The van der Waals surface area contributed by atoms with Gasteiger partial charge in [0.05, 0.1) is 24.8 Å². The van der Waals surface area contributed by atoms with Crippen molar-refractivity contribution in [3.05, 3.63) is 28.8 Å². The van der Waals surface area contributed by atoms with Crippen LogP contribution in [0.2, 0.25) is 5.02 Å². The summed E-state index contributed by atoms with van der Waals surface area (Å²) < 4.78 is 5.14. The van der Waals surface area contributed by atoms with Gasteiger partial charge >= 0.3 is 5.97 Å². The number of ether oxygens (including phenoxy) is 1. The molecule has 0 aromatic heterocycles. The SMILES string of the molecule is NC(=O)c1cc(Cl)ccc1NC1COCC1C(=O)O. The van der Waals surface area contributed by atoms with Crippen molar-refractivity contribution in [1.29, 1.82) is 0 Å². The average Bonchev–Trinajstić information content (AvgIpc) is 2.79. The standard InChI is InChI=1S/C12H13ClN2O4/c13-6-1-2-9(7(3-6)11(14)16)15-10-5-19-4-8(10)12(17)18/h1-3,8,10,15H,4-5H2,(H2,14,16)(H,17,18). The van der Waals surface area contributed by atoms with Crippen molar-refractivity contribution in [3.8, 4) is 0 Å². The van der Waals surface area contributed by atoms with E-state index in [4.69, 9.17) is 27.2 Å². The molecule has 2 unspecified atom stereocenters. The number of amides is 1. The summed E-state index contributed by atoms with van der Waals surface area (Å²) in [6.45, 7) is 0.407. The zero-order valence-electron chi connectivity index (χ0n) is 9.93. The molecule has 1 amide bonds. The first-order valence-electron chi connectivity index (χ1n) is 5.65. The normalized spacial score (nSPS) is 22.2. The fraction of sp³-hybridized carbons (Fsp3) is 0.333. The molecule has 19 heavy (non-hydrogen) atoms. The van der Waals surface area contributed by atoms with Crippen molar-refractivity contribution in [2.45, 2.75) is 6.04 Å². The van der Waals surface area contributed by atoms with Crippen LogP contribution in [0.3, 0.4) is 0 Å². The molecular weight excluding hydrogens is 272 g/mol. The molecule has 7 heteroatoms. The molecule has 0 aliphatic carbocycles. The Balaban J connectivity index is 2.23. The number of benzene rings is 1. The number of aliphatic carboxylic acids is 1. The highest BCUT2D eigenvalue weighted by Crippen LogP contribution is 2.24. The van der Waals surface area contributed by atoms with Crippen molar-refractivity contribution >= 4 is 29.2 Å². The fourth-order valence-corrected chi connectivity index (χ4v) is 2.16. The highest BCUT2D eigenvalue weighted by Gasteiger charge is 2.34. The topological polar surface area (TPSA) is 102 Å². The first kappa shape index (κ1) is 13.6. The van der Waals surface area contributed by atoms with Crippen LogP contribution < -0.4 is 11.1 Å². The molecule has 0 radical (unpaired) electrons. The zero-order valence-corrected chi connectivity index (χ0v) is 10.7. The molecule has 1 heterocycles. The molecule has 1 aliphatic heterocycles. The number of nitrogens with one attached hydrogen (secondary N) is 1. The number of hydrogen-bond acceptors (Lipinski definition) is 4. The van der Waals surface area contributed by atoms with E-state index in [9.17, 15) is 9.59 Å². The number of carboxylic acids is 1. The van der Waals surface area contributed by atoms with Gasteiger partial charge in [0.25, 0.3) is 5.91 Å². The smallest absolute Gasteiger partial charge is 0.311 e. The predicted octanol–water partition coefficient (Wildman–Crippen LogP) is 0.950. The molecular formula is C12H13ClN2O4. The summed E-state index contributed by atoms with van der Waals surface area (Å²) in [7, 11) is 0. The summed E-state index contributed by atoms with van der Waals surface area (Å²) in [5.41, 5.74) is 5.95. The second kappa shape index (κ2) is 5.46. The Labute approximate surface area is 114 Å². The minimum Gasteiger partial charge on any atom is -0.481 e. The summed E-state index contributed by atoms with van der Waals surface area (Å²) >= 11 is 5.80. The van der Waals surface area contributed by atoms with Crippen molar-refractivity contribution in [1.82, 2.24) is 0 Å². The molecule has 2 atom stereocenters. The molecule has 1 aromatic rings. The van der Waals surface area contributed by atoms with E-state index in [-0.39, 0.29) is 18.8 Å². The third-order valence-corrected chi connectivity index (χ3v) is 3.22. The van der Waals surface area contributed by atoms with Crippen LogP contribution in [0.5, 0.6) is 0 Å². The van der Waals surface area contributed by atoms with Crippen LogP contribution in [0.4, 0.5) is 5.69 Å². The van der Waals surface area contributed by atoms with Crippen molar-refractivity contribution < 1.29 is 19.4 Å². The summed E-state index contributed by atoms with van der Waals surface area (Å²) in [5, 5.41) is 12.4. The molecule has 1 fully saturated rings. The van der Waals surface area contributed by atoms with Gasteiger partial charge in [-0.3, -0.25) is 9.59 Å². The van der Waals surface area contributed by atoms with Crippen molar-refractivity contribution in [3.63, 3.8) is 0 Å². The molecule has 1 aliphatic rings. The van der Waals surface area contributed by atoms with Gasteiger partial charge in [-0.25, -0.2) is 0 Å². The molecule has 1 aromatic carbocycles. The second-order valence-electron chi connectivity index (χ2n) is 4.29. The predicted molar refractivity (Wildman–Crippen MR) is 69.3 cm³/mol. The molecule has 4 N–H and O–H groups in total. The van der Waals surface area contributed by atoms with Gasteiger partial charge in [0.1, 0.15) is 5.92 Å². The summed E-state index contributed by atoms with van der Waals surface area (Å²) in [5.74, 6) is -2.23. The highest BCUT2D eigenvalue weighted by molar-refractivity contribution is 6.31. The van der Waals surface area contributed by atoms with Crippen LogP contribution >= 0.6 is 11.6 Å². The molecule has 6 nitrogen and oxygen atoms in total. The van der Waals surface area contributed by atoms with Crippen LogP contribution in [-0.4, -0.2) is 36.2 Å². The number of carboxylic acid groups (broad SMARTS) is 1. The van der Waals surface area contributed by atoms with E-state index in [2.05, 4.69) is 5.32 Å². The maximum Gasteiger partial charge on any atom is 0.311 e. The van der Waals surface area contributed by atoms with E-state index in [0.29, 0.717) is 10.7 Å². The van der Waals surface area contributed by atoms with Crippen LogP contribution in [-0.2, 0) is 9.53 Å². The maximum absolute atomic E-state index is 11.3. The van der Waals surface area contributed by atoms with Crippen LogP contribution in [0, 0.1) is 5.92 Å². The molecule has 0 bridgehead atoms. The van der Waals surface area contributed by atoms with E-state index >= 15 is 0 Å². The lowest BCUT2D eigenvalue weighted by Crippen LogP contribution is -2.34. The number of rotatable bonds is 4. The number of primary amides is 1. The monoisotopic (exact) mass is 284 g/mol. The summed E-state index contributed by atoms with van der Waals surface area (Å²) in [6.07, 6.45) is 0. The number of carbonyl (C=O) groups excluding carboxylic acids is 1. The third-order valence-electron chi connectivity index (χ3n) is 2.99. The molecule has 0 saturated carbocycles. The van der Waals surface area contributed by atoms with E-state index in [1.54, 1.807) is 12.1 Å². The van der Waals surface area contributed by atoms with E-state index in [1.807, 2.05) is 0 Å². The van der Waals surface area contributed by atoms with Gasteiger partial charge < -0.3 is 20.9 Å². The van der Waals surface area contributed by atoms with E-state index in [0.717, 1.165) is 0 Å². The Bertz CT molecular complexity index is 520. The maximum atomic E-state index is 11.3. The minimum absolute atomic E-state index is 0.145. The molecule has 0 spiro atoms. The number of halogens is 1. The number of hydrogen-bond donors (Lipinski definition) is 3. The fourth-order valence-electron chi connectivity index (χ4n) is 1.99. The Morgan fingerprint density at radius 2 is 2.16 bits per heavy atom. The largest absolute Gasteiger partial charge is 0.481 e. The average molecular weight is 285 g/mol. The van der Waals surface area contributed by atoms with Crippen LogP contribution in [0.1, 0.15) is 10.4 Å². The lowest BCUT2D eigenvalue weighted by Gasteiger charge is -2.18. The molecule has 102 valence electrons. The van der Waals surface area contributed by atoms with Crippen LogP contribution in [0.25, 0.3) is 0 Å². The minimum atomic E-state index is -0.940. The van der Waals surface area contributed by atoms with Crippen molar-refractivity contribution in [2.75, 3.05) is 18.5 Å². The van der Waals surface area contributed by atoms with E-state index in [1.165, 1.54) is 6.07 Å². The zero-order chi connectivity index (χ0) is 14.0. The van der Waals surface area contributed by atoms with Crippen molar-refractivity contribution in [2.24, 2.45) is 11.7 Å². The van der Waals surface area contributed by atoms with Gasteiger partial charge in [-0.15, -0.1) is 0 Å². The lowest BCUT2D eigenvalue weighted by atomic mass is 10.0. The van der Waals surface area contributed by atoms with Gasteiger partial charge in [-0.2, -0.15) is 0 Å². The van der Waals surface area contributed by atoms with Gasteiger partial charge in [0.15, 0.2) is 0 Å². The van der Waals surface area contributed by atoms with E-state index < -0.39 is 23.8 Å². The second-order valence-corrected chi connectivity index (χ2v) is 4.72. The van der Waals surface area contributed by atoms with Gasteiger partial charge in [-0.05, 0) is 18.2 Å². The Morgan fingerprint density at radius 1 is 1.42 bits per heavy atom. The molecule has 2 rings (SSSR count). The third kappa shape index (κ3) is 2.97.